The Morgan fingerprint density at radius 2 is 1.81 bits per heavy atom. The van der Waals surface area contributed by atoms with Crippen molar-refractivity contribution in [1.82, 2.24) is 9.62 Å². The molecule has 1 saturated carbocycles. The minimum absolute atomic E-state index is 0.0803. The Morgan fingerprint density at radius 3 is 2.38 bits per heavy atom. The molecule has 1 amide bonds. The number of nitrogens with one attached hydrogen (secondary N) is 1. The molecule has 0 spiro atoms. The smallest absolute Gasteiger partial charge is 0.229 e. The number of aldehydes is 1. The summed E-state index contributed by atoms with van der Waals surface area (Å²) in [6, 6.07) is 14.2. The van der Waals surface area contributed by atoms with Gasteiger partial charge in [-0.15, -0.1) is 0 Å². The van der Waals surface area contributed by atoms with Crippen LogP contribution in [0.25, 0.3) is 0 Å². The van der Waals surface area contributed by atoms with Crippen molar-refractivity contribution >= 4 is 45.4 Å². The highest BCUT2D eigenvalue weighted by atomic mass is 35.5. The van der Waals surface area contributed by atoms with E-state index in [2.05, 4.69) is 4.72 Å². The number of carbonyl (C=O) groups is 2. The number of benzene rings is 2. The molecule has 37 heavy (non-hydrogen) atoms. The van der Waals surface area contributed by atoms with E-state index in [9.17, 15) is 18.0 Å². The third-order valence-corrected chi connectivity index (χ3v) is 10.4. The van der Waals surface area contributed by atoms with Crippen LogP contribution in [-0.2, 0) is 19.6 Å². The van der Waals surface area contributed by atoms with Crippen LogP contribution in [-0.4, -0.2) is 43.3 Å². The van der Waals surface area contributed by atoms with Crippen LogP contribution in [0.4, 0.5) is 0 Å². The number of sulfonamides is 1. The molecule has 6 nitrogen and oxygen atoms in total. The van der Waals surface area contributed by atoms with Gasteiger partial charge in [0, 0.05) is 35.0 Å². The van der Waals surface area contributed by atoms with Crippen molar-refractivity contribution in [3.8, 4) is 0 Å². The topological polar surface area (TPSA) is 83.6 Å². The van der Waals surface area contributed by atoms with E-state index >= 15 is 0 Å². The van der Waals surface area contributed by atoms with Gasteiger partial charge in [0.1, 0.15) is 6.29 Å². The molecule has 2 aliphatic rings. The molecule has 0 bridgehead atoms. The van der Waals surface area contributed by atoms with E-state index in [0.29, 0.717) is 35.7 Å². The summed E-state index contributed by atoms with van der Waals surface area (Å²) in [5, 5.41) is 0.810. The lowest BCUT2D eigenvalue weighted by atomic mass is 9.67. The van der Waals surface area contributed by atoms with Crippen molar-refractivity contribution in [3.63, 3.8) is 0 Å². The van der Waals surface area contributed by atoms with Crippen LogP contribution in [0.1, 0.15) is 75.5 Å². The second-order valence-corrected chi connectivity index (χ2v) is 13.4. The molecule has 4 atom stereocenters. The number of piperidine rings is 1. The Labute approximate surface area is 229 Å². The van der Waals surface area contributed by atoms with E-state index in [0.717, 1.165) is 23.8 Å². The predicted octanol–water partition coefficient (Wildman–Crippen LogP) is 5.90. The fraction of sp³-hybridized carbons (Fsp3) is 0.500. The lowest BCUT2D eigenvalue weighted by Gasteiger charge is -2.52. The molecule has 9 heteroatoms. The van der Waals surface area contributed by atoms with E-state index in [-0.39, 0.29) is 36.1 Å². The van der Waals surface area contributed by atoms with Crippen LogP contribution >= 0.6 is 23.2 Å². The first kappa shape index (κ1) is 28.1. The molecule has 2 aromatic rings. The monoisotopic (exact) mass is 564 g/mol. The first-order valence-corrected chi connectivity index (χ1v) is 15.2. The van der Waals surface area contributed by atoms with E-state index in [1.165, 1.54) is 0 Å². The Balaban J connectivity index is 1.80. The number of nitrogens with zero attached hydrogens (tertiary/aromatic N) is 1. The SMILES string of the molecule is CC[C@@H](CNS(=O)(=O)C1CCC1)N1C(=O)[C@@](C)(CC=O)C[C@H](c2cccc(Cl)c2)[C@H]1c1ccc(Cl)cc1. The molecule has 0 unspecified atom stereocenters. The first-order chi connectivity index (χ1) is 17.6. The summed E-state index contributed by atoms with van der Waals surface area (Å²) in [5.74, 6) is -0.313. The molecule has 2 aromatic carbocycles. The summed E-state index contributed by atoms with van der Waals surface area (Å²) in [7, 11) is -3.46. The van der Waals surface area contributed by atoms with Gasteiger partial charge < -0.3 is 9.69 Å². The largest absolute Gasteiger partial charge is 0.330 e. The maximum absolute atomic E-state index is 14.2. The van der Waals surface area contributed by atoms with Crippen LogP contribution in [0.5, 0.6) is 0 Å². The van der Waals surface area contributed by atoms with E-state index in [1.54, 1.807) is 12.1 Å². The van der Waals surface area contributed by atoms with Crippen molar-refractivity contribution in [1.29, 1.82) is 0 Å². The van der Waals surface area contributed by atoms with Gasteiger partial charge in [-0.2, -0.15) is 0 Å². The molecule has 1 N–H and O–H groups in total. The van der Waals surface area contributed by atoms with Gasteiger partial charge in [0.15, 0.2) is 0 Å². The Hall–Kier alpha value is -1.93. The summed E-state index contributed by atoms with van der Waals surface area (Å²) < 4.78 is 28.5. The zero-order valence-electron chi connectivity index (χ0n) is 21.2. The van der Waals surface area contributed by atoms with Crippen LogP contribution < -0.4 is 4.72 Å². The Morgan fingerprint density at radius 1 is 1.11 bits per heavy atom. The molecule has 0 radical (unpaired) electrons. The fourth-order valence-corrected chi connectivity index (χ4v) is 7.54. The number of likely N-dealkylation sites (tertiary alicyclic amines) is 1. The Bertz CT molecular complexity index is 1230. The normalized spacial score (nSPS) is 25.5. The summed E-state index contributed by atoms with van der Waals surface area (Å²) in [6.07, 6.45) is 4.12. The van der Waals surface area contributed by atoms with Gasteiger partial charge in [0.2, 0.25) is 15.9 Å². The number of rotatable bonds is 10. The highest BCUT2D eigenvalue weighted by Crippen LogP contribution is 2.52. The number of amides is 1. The molecule has 1 aliphatic carbocycles. The summed E-state index contributed by atoms with van der Waals surface area (Å²) in [4.78, 5) is 27.7. The zero-order valence-corrected chi connectivity index (χ0v) is 23.5. The van der Waals surface area contributed by atoms with Crippen molar-refractivity contribution < 1.29 is 18.0 Å². The van der Waals surface area contributed by atoms with Crippen LogP contribution in [0.2, 0.25) is 10.0 Å². The standard InChI is InChI=1S/C28H34Cl2N2O4S/c1-3-23(18-31-37(35,36)24-8-5-9-24)32-26(19-10-12-21(29)13-11-19)25(20-6-4-7-22(30)16-20)17-28(2,14-15-33)27(32)34/h4,6-7,10-13,15-16,23-26,31H,3,5,8-9,14,17-18H2,1-2H3/t23-,25+,26+,28-/m0/s1. The first-order valence-electron chi connectivity index (χ1n) is 12.9. The quantitative estimate of drug-likeness (QED) is 0.364. The molecule has 1 aliphatic heterocycles. The second kappa shape index (κ2) is 11.4. The minimum atomic E-state index is -3.46. The Kier molecular flexibility index (Phi) is 8.68. The molecule has 4 rings (SSSR count). The third-order valence-electron chi connectivity index (χ3n) is 8.00. The van der Waals surface area contributed by atoms with Crippen molar-refractivity contribution in [2.24, 2.45) is 5.41 Å². The van der Waals surface area contributed by atoms with Crippen molar-refractivity contribution in [3.05, 3.63) is 69.7 Å². The van der Waals surface area contributed by atoms with Gasteiger partial charge in [-0.3, -0.25) is 4.79 Å². The summed E-state index contributed by atoms with van der Waals surface area (Å²) >= 11 is 12.6. The van der Waals surface area contributed by atoms with Crippen LogP contribution in [0.3, 0.4) is 0 Å². The van der Waals surface area contributed by atoms with E-state index < -0.39 is 21.5 Å². The number of halogens is 2. The third kappa shape index (κ3) is 5.90. The minimum Gasteiger partial charge on any atom is -0.330 e. The molecule has 200 valence electrons. The lowest BCUT2D eigenvalue weighted by molar-refractivity contribution is -0.156. The maximum Gasteiger partial charge on any atom is 0.229 e. The zero-order chi connectivity index (χ0) is 26.8. The summed E-state index contributed by atoms with van der Waals surface area (Å²) in [6.45, 7) is 3.90. The molecule has 1 heterocycles. The van der Waals surface area contributed by atoms with Gasteiger partial charge in [-0.25, -0.2) is 13.1 Å². The van der Waals surface area contributed by atoms with Crippen LogP contribution in [0, 0.1) is 5.41 Å². The highest BCUT2D eigenvalue weighted by Gasteiger charge is 2.51. The molecule has 1 saturated heterocycles. The van der Waals surface area contributed by atoms with E-state index in [4.69, 9.17) is 23.2 Å². The van der Waals surface area contributed by atoms with Gasteiger partial charge in [0.05, 0.1) is 16.7 Å². The van der Waals surface area contributed by atoms with Gasteiger partial charge in [0.25, 0.3) is 0 Å². The van der Waals surface area contributed by atoms with Crippen LogP contribution in [0.15, 0.2) is 48.5 Å². The van der Waals surface area contributed by atoms with E-state index in [1.807, 2.05) is 55.1 Å². The average molecular weight is 566 g/mol. The lowest BCUT2D eigenvalue weighted by Crippen LogP contribution is -2.58. The second-order valence-electron chi connectivity index (χ2n) is 10.5. The number of hydrogen-bond donors (Lipinski definition) is 1. The fourth-order valence-electron chi connectivity index (χ4n) is 5.60. The highest BCUT2D eigenvalue weighted by molar-refractivity contribution is 7.90. The molecule has 0 aromatic heterocycles. The molecule has 2 fully saturated rings. The number of hydrogen-bond acceptors (Lipinski definition) is 4. The average Bonchev–Trinajstić information content (AvgIpc) is 2.81. The van der Waals surface area contributed by atoms with Crippen molar-refractivity contribution in [2.75, 3.05) is 6.54 Å². The predicted molar refractivity (Wildman–Crippen MR) is 147 cm³/mol. The van der Waals surface area contributed by atoms with Gasteiger partial charge in [-0.05, 0) is 61.1 Å². The van der Waals surface area contributed by atoms with Gasteiger partial charge in [-0.1, -0.05) is 67.7 Å². The maximum atomic E-state index is 14.2. The number of carbonyl (C=O) groups excluding carboxylic acids is 2. The molecular weight excluding hydrogens is 531 g/mol. The van der Waals surface area contributed by atoms with Crippen molar-refractivity contribution in [2.45, 2.75) is 75.6 Å². The summed E-state index contributed by atoms with van der Waals surface area (Å²) in [5.41, 5.74) is 0.931. The molecular formula is C28H34Cl2N2O4S. The van der Waals surface area contributed by atoms with Gasteiger partial charge >= 0.3 is 0 Å².